The van der Waals surface area contributed by atoms with E-state index in [9.17, 15) is 26.4 Å². The third-order valence-electron chi connectivity index (χ3n) is 4.99. The summed E-state index contributed by atoms with van der Waals surface area (Å²) in [6, 6.07) is 8.99. The Bertz CT molecular complexity index is 1060. The van der Waals surface area contributed by atoms with Crippen molar-refractivity contribution in [2.45, 2.75) is 24.8 Å². The average Bonchev–Trinajstić information content (AvgIpc) is 2.70. The number of carbonyl (C=O) groups excluding carboxylic acids is 1. The highest BCUT2D eigenvalue weighted by Crippen LogP contribution is 2.32. The summed E-state index contributed by atoms with van der Waals surface area (Å²) >= 11 is 12.2. The Kier molecular flexibility index (Phi) is 7.20. The number of hydrogen-bond acceptors (Lipinski definition) is 3. The molecule has 1 aliphatic rings. The molecule has 1 atom stereocenters. The zero-order valence-corrected chi connectivity index (χ0v) is 18.5. The van der Waals surface area contributed by atoms with Crippen LogP contribution in [0, 0.1) is 5.92 Å². The van der Waals surface area contributed by atoms with Crippen molar-refractivity contribution in [2.75, 3.05) is 18.4 Å². The van der Waals surface area contributed by atoms with Crippen LogP contribution in [0.1, 0.15) is 24.0 Å². The second-order valence-electron chi connectivity index (χ2n) is 7.22. The largest absolute Gasteiger partial charge is 0.416 e. The Morgan fingerprint density at radius 1 is 1.13 bits per heavy atom. The molecule has 1 unspecified atom stereocenters. The molecule has 31 heavy (non-hydrogen) atoms. The van der Waals surface area contributed by atoms with E-state index in [1.54, 1.807) is 18.2 Å². The smallest absolute Gasteiger partial charge is 0.326 e. The summed E-state index contributed by atoms with van der Waals surface area (Å²) in [4.78, 5) is 12.6. The van der Waals surface area contributed by atoms with Gasteiger partial charge in [0.05, 0.1) is 17.2 Å². The van der Waals surface area contributed by atoms with Gasteiger partial charge in [-0.2, -0.15) is 13.2 Å². The van der Waals surface area contributed by atoms with Crippen LogP contribution in [0.4, 0.5) is 18.9 Å². The minimum Gasteiger partial charge on any atom is -0.326 e. The first-order valence-corrected chi connectivity index (χ1v) is 11.7. The number of amides is 1. The maximum absolute atomic E-state index is 12.9. The zero-order valence-electron chi connectivity index (χ0n) is 16.1. The van der Waals surface area contributed by atoms with Crippen molar-refractivity contribution in [1.29, 1.82) is 0 Å². The summed E-state index contributed by atoms with van der Waals surface area (Å²) in [5, 5.41) is 2.92. The SMILES string of the molecule is O=C(Nc1cccc(C(F)(F)F)c1)C1CCCN(S(=O)(=O)Cc2c(Cl)cccc2Cl)C1. The number of piperidine rings is 1. The van der Waals surface area contributed by atoms with Crippen molar-refractivity contribution in [2.24, 2.45) is 5.92 Å². The lowest BCUT2D eigenvalue weighted by atomic mass is 9.98. The first kappa shape index (κ1) is 23.8. The number of alkyl halides is 3. The Labute approximate surface area is 188 Å². The van der Waals surface area contributed by atoms with E-state index in [4.69, 9.17) is 23.2 Å². The van der Waals surface area contributed by atoms with Crippen LogP contribution < -0.4 is 5.32 Å². The monoisotopic (exact) mass is 494 g/mol. The van der Waals surface area contributed by atoms with Gasteiger partial charge < -0.3 is 5.32 Å². The topological polar surface area (TPSA) is 66.5 Å². The molecule has 2 aromatic rings. The van der Waals surface area contributed by atoms with Gasteiger partial charge in [-0.25, -0.2) is 12.7 Å². The molecule has 0 aliphatic carbocycles. The van der Waals surface area contributed by atoms with Gasteiger partial charge in [-0.3, -0.25) is 4.79 Å². The molecular formula is C20H19Cl2F3N2O3S. The Morgan fingerprint density at radius 3 is 2.42 bits per heavy atom. The molecule has 1 N–H and O–H groups in total. The van der Waals surface area contributed by atoms with Crippen LogP contribution in [0.5, 0.6) is 0 Å². The van der Waals surface area contributed by atoms with Gasteiger partial charge in [0, 0.05) is 34.4 Å². The highest BCUT2D eigenvalue weighted by Gasteiger charge is 2.34. The average molecular weight is 495 g/mol. The molecule has 1 heterocycles. The lowest BCUT2D eigenvalue weighted by Crippen LogP contribution is -2.44. The van der Waals surface area contributed by atoms with Gasteiger partial charge >= 0.3 is 6.18 Å². The third-order valence-corrected chi connectivity index (χ3v) is 7.47. The van der Waals surface area contributed by atoms with E-state index in [-0.39, 0.29) is 34.4 Å². The van der Waals surface area contributed by atoms with Gasteiger partial charge in [-0.05, 0) is 43.2 Å². The number of nitrogens with zero attached hydrogens (tertiary/aromatic N) is 1. The van der Waals surface area contributed by atoms with E-state index in [0.717, 1.165) is 12.1 Å². The standard InChI is InChI=1S/C20H19Cl2F3N2O3S/c21-17-7-2-8-18(22)16(17)12-31(29,30)27-9-3-4-13(11-27)19(28)26-15-6-1-5-14(10-15)20(23,24)25/h1-2,5-8,10,13H,3-4,9,11-12H2,(H,26,28). The fourth-order valence-corrected chi connectivity index (χ4v) is 5.73. The van der Waals surface area contributed by atoms with Crippen molar-refractivity contribution >= 4 is 44.8 Å². The fourth-order valence-electron chi connectivity index (χ4n) is 3.37. The van der Waals surface area contributed by atoms with Gasteiger partial charge in [0.1, 0.15) is 0 Å². The second kappa shape index (κ2) is 9.36. The van der Waals surface area contributed by atoms with Crippen LogP contribution in [0.25, 0.3) is 0 Å². The van der Waals surface area contributed by atoms with Crippen LogP contribution in [0.2, 0.25) is 10.0 Å². The summed E-state index contributed by atoms with van der Waals surface area (Å²) < 4.78 is 65.6. The fraction of sp³-hybridized carbons (Fsp3) is 0.350. The highest BCUT2D eigenvalue weighted by molar-refractivity contribution is 7.88. The summed E-state index contributed by atoms with van der Waals surface area (Å²) in [6.45, 7) is 0.160. The van der Waals surface area contributed by atoms with Gasteiger partial charge in [-0.1, -0.05) is 35.3 Å². The molecule has 1 saturated heterocycles. The maximum atomic E-state index is 12.9. The van der Waals surface area contributed by atoms with Gasteiger partial charge in [0.2, 0.25) is 15.9 Å². The minimum atomic E-state index is -4.53. The van der Waals surface area contributed by atoms with Crippen LogP contribution in [0.15, 0.2) is 42.5 Å². The normalized spacial score (nSPS) is 18.0. The molecule has 0 bridgehead atoms. The summed E-state index contributed by atoms with van der Waals surface area (Å²) in [5.41, 5.74) is -0.598. The van der Waals surface area contributed by atoms with E-state index < -0.39 is 39.3 Å². The van der Waals surface area contributed by atoms with E-state index in [1.165, 1.54) is 16.4 Å². The molecule has 0 radical (unpaired) electrons. The lowest BCUT2D eigenvalue weighted by molar-refractivity contribution is -0.137. The van der Waals surface area contributed by atoms with Crippen LogP contribution in [-0.2, 0) is 26.7 Å². The van der Waals surface area contributed by atoms with Crippen molar-refractivity contribution in [3.63, 3.8) is 0 Å². The van der Waals surface area contributed by atoms with Crippen molar-refractivity contribution < 1.29 is 26.4 Å². The third kappa shape index (κ3) is 5.91. The quantitative estimate of drug-likeness (QED) is 0.621. The highest BCUT2D eigenvalue weighted by atomic mass is 35.5. The first-order chi connectivity index (χ1) is 14.5. The van der Waals surface area contributed by atoms with Crippen LogP contribution in [0.3, 0.4) is 0 Å². The number of halogens is 5. The van der Waals surface area contributed by atoms with Crippen molar-refractivity contribution in [1.82, 2.24) is 4.31 Å². The molecule has 3 rings (SSSR count). The number of rotatable bonds is 5. The number of benzene rings is 2. The molecule has 5 nitrogen and oxygen atoms in total. The van der Waals surface area contributed by atoms with Crippen molar-refractivity contribution in [3.8, 4) is 0 Å². The molecule has 1 fully saturated rings. The molecule has 1 amide bonds. The number of sulfonamides is 1. The Morgan fingerprint density at radius 2 is 1.77 bits per heavy atom. The summed E-state index contributed by atoms with van der Waals surface area (Å²) in [6.07, 6.45) is -3.67. The number of carbonyl (C=O) groups is 1. The predicted octanol–water partition coefficient (Wildman–Crippen LogP) is 5.19. The first-order valence-electron chi connectivity index (χ1n) is 9.36. The van der Waals surface area contributed by atoms with Crippen LogP contribution in [-0.4, -0.2) is 31.7 Å². The molecule has 0 saturated carbocycles. The predicted molar refractivity (Wildman–Crippen MR) is 113 cm³/mol. The summed E-state index contributed by atoms with van der Waals surface area (Å²) in [5.74, 6) is -1.64. The van der Waals surface area contributed by atoms with Crippen LogP contribution >= 0.6 is 23.2 Å². The van der Waals surface area contributed by atoms with Gasteiger partial charge in [0.15, 0.2) is 0 Å². The number of nitrogens with one attached hydrogen (secondary N) is 1. The van der Waals surface area contributed by atoms with E-state index in [2.05, 4.69) is 5.32 Å². The number of anilines is 1. The molecule has 1 aliphatic heterocycles. The van der Waals surface area contributed by atoms with E-state index >= 15 is 0 Å². The van der Waals surface area contributed by atoms with Crippen molar-refractivity contribution in [3.05, 3.63) is 63.6 Å². The Hall–Kier alpha value is -1.81. The zero-order chi connectivity index (χ0) is 22.8. The lowest BCUT2D eigenvalue weighted by Gasteiger charge is -2.31. The molecule has 2 aromatic carbocycles. The Balaban J connectivity index is 1.70. The molecule has 168 valence electrons. The van der Waals surface area contributed by atoms with E-state index in [0.29, 0.717) is 12.8 Å². The molecule has 11 heteroatoms. The van der Waals surface area contributed by atoms with Gasteiger partial charge in [0.25, 0.3) is 0 Å². The maximum Gasteiger partial charge on any atom is 0.416 e. The van der Waals surface area contributed by atoms with E-state index in [1.807, 2.05) is 0 Å². The van der Waals surface area contributed by atoms with Gasteiger partial charge in [-0.15, -0.1) is 0 Å². The minimum absolute atomic E-state index is 0.00246. The molecule has 0 spiro atoms. The molecular weight excluding hydrogens is 476 g/mol. The molecule has 0 aromatic heterocycles. The summed E-state index contributed by atoms with van der Waals surface area (Å²) in [7, 11) is -3.81. The number of hydrogen-bond donors (Lipinski definition) is 1. The second-order valence-corrected chi connectivity index (χ2v) is 10.0.